The van der Waals surface area contributed by atoms with Crippen LogP contribution in [0.15, 0.2) is 58.7 Å². The van der Waals surface area contributed by atoms with E-state index in [2.05, 4.69) is 15.5 Å². The van der Waals surface area contributed by atoms with Crippen molar-refractivity contribution in [3.8, 4) is 11.5 Å². The van der Waals surface area contributed by atoms with Gasteiger partial charge >= 0.3 is 0 Å². The molecule has 1 fully saturated rings. The van der Waals surface area contributed by atoms with Crippen LogP contribution in [0.25, 0.3) is 0 Å². The maximum atomic E-state index is 12.1. The van der Waals surface area contributed by atoms with Crippen molar-refractivity contribution < 1.29 is 14.3 Å². The minimum atomic E-state index is -0.304. The topological polar surface area (TPSA) is 72.3 Å². The molecule has 1 unspecified atom stereocenters. The van der Waals surface area contributed by atoms with Crippen molar-refractivity contribution in [1.29, 1.82) is 0 Å². The summed E-state index contributed by atoms with van der Waals surface area (Å²) in [5.41, 5.74) is 1.67. The Morgan fingerprint density at radius 1 is 1.12 bits per heavy atom. The van der Waals surface area contributed by atoms with Gasteiger partial charge in [-0.1, -0.05) is 42.1 Å². The number of rotatable bonds is 5. The molecule has 6 nitrogen and oxygen atoms in total. The fourth-order valence-electron chi connectivity index (χ4n) is 2.35. The third kappa shape index (κ3) is 4.00. The van der Waals surface area contributed by atoms with Crippen molar-refractivity contribution in [2.24, 2.45) is 10.2 Å². The Kier molecular flexibility index (Phi) is 5.35. The molecule has 1 aliphatic heterocycles. The maximum Gasteiger partial charge on any atom is 0.244 e. The zero-order valence-corrected chi connectivity index (χ0v) is 14.6. The van der Waals surface area contributed by atoms with Crippen LogP contribution in [-0.2, 0) is 4.79 Å². The first-order valence-electron chi connectivity index (χ1n) is 7.57. The van der Waals surface area contributed by atoms with Gasteiger partial charge < -0.3 is 14.8 Å². The Morgan fingerprint density at radius 2 is 1.92 bits per heavy atom. The van der Waals surface area contributed by atoms with E-state index in [0.29, 0.717) is 16.7 Å². The van der Waals surface area contributed by atoms with Gasteiger partial charge in [-0.2, -0.15) is 5.10 Å². The van der Waals surface area contributed by atoms with Gasteiger partial charge in [0.25, 0.3) is 0 Å². The number of nitrogens with zero attached hydrogens (tertiary/aromatic N) is 2. The Hall–Kier alpha value is -2.80. The molecule has 1 atom stereocenters. The van der Waals surface area contributed by atoms with Crippen molar-refractivity contribution in [3.63, 3.8) is 0 Å². The molecule has 128 valence electrons. The zero-order valence-electron chi connectivity index (χ0n) is 13.8. The number of carbonyl (C=O) groups is 1. The molecule has 0 aliphatic carbocycles. The number of thioether (sulfide) groups is 1. The lowest BCUT2D eigenvalue weighted by molar-refractivity contribution is -0.118. The van der Waals surface area contributed by atoms with E-state index in [0.717, 1.165) is 11.1 Å². The summed E-state index contributed by atoms with van der Waals surface area (Å²) in [7, 11) is 3.18. The van der Waals surface area contributed by atoms with Crippen LogP contribution in [0.4, 0.5) is 0 Å². The third-order valence-electron chi connectivity index (χ3n) is 3.58. The van der Waals surface area contributed by atoms with Crippen LogP contribution in [0.1, 0.15) is 16.4 Å². The summed E-state index contributed by atoms with van der Waals surface area (Å²) < 4.78 is 10.5. The van der Waals surface area contributed by atoms with Crippen LogP contribution in [-0.4, -0.2) is 31.5 Å². The van der Waals surface area contributed by atoms with Gasteiger partial charge in [0.2, 0.25) is 5.91 Å². The molecule has 0 spiro atoms. The standard InChI is InChI=1S/C18H17N3O3S/c1-23-14-8-9-15(24-2)13(10-14)11-19-21-18-20-17(22)16(25-18)12-6-4-3-5-7-12/h3-11,16H,1-2H3,(H,20,21,22). The number of carbonyl (C=O) groups excluding carboxylic acids is 1. The van der Waals surface area contributed by atoms with Crippen LogP contribution in [0.3, 0.4) is 0 Å². The van der Waals surface area contributed by atoms with E-state index in [1.807, 2.05) is 30.3 Å². The predicted octanol–water partition coefficient (Wildman–Crippen LogP) is 3.00. The molecule has 0 radical (unpaired) electrons. The van der Waals surface area contributed by atoms with E-state index >= 15 is 0 Å². The molecule has 1 N–H and O–H groups in total. The molecule has 0 bridgehead atoms. The van der Waals surface area contributed by atoms with Crippen molar-refractivity contribution in [1.82, 2.24) is 5.32 Å². The van der Waals surface area contributed by atoms with Crippen LogP contribution < -0.4 is 14.8 Å². The Labute approximate surface area is 149 Å². The molecule has 0 saturated carbocycles. The van der Waals surface area contributed by atoms with E-state index in [-0.39, 0.29) is 11.2 Å². The van der Waals surface area contributed by atoms with Gasteiger partial charge in [0.05, 0.1) is 20.4 Å². The second-order valence-corrected chi connectivity index (χ2v) is 6.25. The summed E-state index contributed by atoms with van der Waals surface area (Å²) in [6.45, 7) is 0. The van der Waals surface area contributed by atoms with Crippen LogP contribution in [0, 0.1) is 0 Å². The lowest BCUT2D eigenvalue weighted by Crippen LogP contribution is -2.21. The van der Waals surface area contributed by atoms with E-state index in [1.54, 1.807) is 38.6 Å². The highest BCUT2D eigenvalue weighted by molar-refractivity contribution is 8.15. The summed E-state index contributed by atoms with van der Waals surface area (Å²) in [5.74, 6) is 1.27. The number of hydrogen-bond acceptors (Lipinski definition) is 6. The first kappa shape index (κ1) is 17.0. The summed E-state index contributed by atoms with van der Waals surface area (Å²) in [6, 6.07) is 15.0. The highest BCUT2D eigenvalue weighted by Crippen LogP contribution is 2.34. The molecule has 25 heavy (non-hydrogen) atoms. The average molecular weight is 355 g/mol. The summed E-state index contributed by atoms with van der Waals surface area (Å²) >= 11 is 1.34. The third-order valence-corrected chi connectivity index (χ3v) is 4.71. The Balaban J connectivity index is 1.75. The lowest BCUT2D eigenvalue weighted by atomic mass is 10.1. The van der Waals surface area contributed by atoms with Gasteiger partial charge in [-0.25, -0.2) is 0 Å². The zero-order chi connectivity index (χ0) is 17.6. The number of methoxy groups -OCH3 is 2. The van der Waals surface area contributed by atoms with Crippen LogP contribution in [0.2, 0.25) is 0 Å². The monoisotopic (exact) mass is 355 g/mol. The number of benzene rings is 2. The Bertz CT molecular complexity index is 822. The normalized spacial score (nSPS) is 18.6. The van der Waals surface area contributed by atoms with Crippen molar-refractivity contribution in [2.75, 3.05) is 14.2 Å². The molecule has 2 aromatic rings. The average Bonchev–Trinajstić information content (AvgIpc) is 3.03. The molecule has 1 heterocycles. The van der Waals surface area contributed by atoms with Crippen LogP contribution >= 0.6 is 11.8 Å². The Morgan fingerprint density at radius 3 is 2.64 bits per heavy atom. The van der Waals surface area contributed by atoms with E-state index in [9.17, 15) is 4.79 Å². The number of nitrogens with one attached hydrogen (secondary N) is 1. The summed E-state index contributed by atoms with van der Waals surface area (Å²) in [6.07, 6.45) is 1.57. The second-order valence-electron chi connectivity index (χ2n) is 5.16. The SMILES string of the molecule is COc1ccc(OC)c(C=NN=C2NC(=O)C(c3ccccc3)S2)c1. The largest absolute Gasteiger partial charge is 0.497 e. The molecule has 3 rings (SSSR count). The summed E-state index contributed by atoms with van der Waals surface area (Å²) in [4.78, 5) is 12.1. The smallest absolute Gasteiger partial charge is 0.244 e. The van der Waals surface area contributed by atoms with Gasteiger partial charge in [-0.15, -0.1) is 5.10 Å². The van der Waals surface area contributed by atoms with Gasteiger partial charge in [-0.05, 0) is 23.8 Å². The molecule has 0 aromatic heterocycles. The fourth-order valence-corrected chi connectivity index (χ4v) is 3.28. The molecular weight excluding hydrogens is 338 g/mol. The first-order valence-corrected chi connectivity index (χ1v) is 8.44. The first-order chi connectivity index (χ1) is 12.2. The van der Waals surface area contributed by atoms with Crippen molar-refractivity contribution in [3.05, 3.63) is 59.7 Å². The highest BCUT2D eigenvalue weighted by Gasteiger charge is 2.31. The number of amides is 1. The van der Waals surface area contributed by atoms with Gasteiger partial charge in [0.1, 0.15) is 16.7 Å². The van der Waals surface area contributed by atoms with Gasteiger partial charge in [0, 0.05) is 5.56 Å². The molecule has 1 aliphatic rings. The molecule has 1 amide bonds. The molecular formula is C18H17N3O3S. The van der Waals surface area contributed by atoms with Crippen LogP contribution in [0.5, 0.6) is 11.5 Å². The maximum absolute atomic E-state index is 12.1. The van der Waals surface area contributed by atoms with Crippen molar-refractivity contribution in [2.45, 2.75) is 5.25 Å². The fraction of sp³-hybridized carbons (Fsp3) is 0.167. The number of amidine groups is 1. The number of ether oxygens (including phenoxy) is 2. The van der Waals surface area contributed by atoms with Crippen molar-refractivity contribution >= 4 is 29.1 Å². The lowest BCUT2D eigenvalue weighted by Gasteiger charge is -2.06. The second kappa shape index (κ2) is 7.85. The number of hydrogen-bond donors (Lipinski definition) is 1. The summed E-state index contributed by atoms with van der Waals surface area (Å²) in [5, 5.41) is 11.1. The quantitative estimate of drug-likeness (QED) is 0.661. The minimum absolute atomic E-state index is 0.0934. The molecule has 2 aromatic carbocycles. The predicted molar refractivity (Wildman–Crippen MR) is 99.5 cm³/mol. The molecule has 1 saturated heterocycles. The highest BCUT2D eigenvalue weighted by atomic mass is 32.2. The van der Waals surface area contributed by atoms with Gasteiger partial charge in [-0.3, -0.25) is 4.79 Å². The van der Waals surface area contributed by atoms with Gasteiger partial charge in [0.15, 0.2) is 5.17 Å². The molecule has 7 heteroatoms. The van der Waals surface area contributed by atoms with E-state index in [4.69, 9.17) is 9.47 Å². The van der Waals surface area contributed by atoms with E-state index < -0.39 is 0 Å². The van der Waals surface area contributed by atoms with E-state index in [1.165, 1.54) is 11.8 Å². The minimum Gasteiger partial charge on any atom is -0.497 e.